The highest BCUT2D eigenvalue weighted by atomic mass is 16.5. The Kier molecular flexibility index (Phi) is 8.75. The average Bonchev–Trinajstić information content (AvgIpc) is 2.45. The quantitative estimate of drug-likeness (QED) is 0.653. The molecule has 3 heteroatoms. The second kappa shape index (κ2) is 9.85. The van der Waals surface area contributed by atoms with Crippen molar-refractivity contribution in [1.29, 1.82) is 0 Å². The molecular weight excluding hydrogens is 240 g/mol. The Morgan fingerprint density at radius 3 is 2.05 bits per heavy atom. The van der Waals surface area contributed by atoms with Crippen LogP contribution in [0.2, 0.25) is 0 Å². The normalized spacial score (nSPS) is 8.74. The molecule has 0 spiro atoms. The van der Waals surface area contributed by atoms with Crippen molar-refractivity contribution in [2.45, 2.75) is 6.92 Å². The van der Waals surface area contributed by atoms with E-state index in [2.05, 4.69) is 24.5 Å². The SMILES string of the molecule is C=C(C)C(=O)OCCO.C=Cc1ccccc1C=C. The Balaban J connectivity index is 0.000000344. The molecule has 3 nitrogen and oxygen atoms in total. The summed E-state index contributed by atoms with van der Waals surface area (Å²) in [5.41, 5.74) is 2.62. The van der Waals surface area contributed by atoms with Crippen LogP contribution in [-0.4, -0.2) is 24.3 Å². The van der Waals surface area contributed by atoms with Crippen LogP contribution in [0.25, 0.3) is 12.2 Å². The van der Waals surface area contributed by atoms with Gasteiger partial charge in [-0.2, -0.15) is 0 Å². The number of aliphatic hydroxyl groups is 1. The van der Waals surface area contributed by atoms with Crippen molar-refractivity contribution in [3.63, 3.8) is 0 Å². The molecule has 0 fully saturated rings. The molecule has 1 aromatic rings. The van der Waals surface area contributed by atoms with Gasteiger partial charge in [-0.05, 0) is 18.1 Å². The number of aliphatic hydroxyl groups excluding tert-OH is 1. The van der Waals surface area contributed by atoms with Crippen LogP contribution in [0, 0.1) is 0 Å². The number of hydrogen-bond acceptors (Lipinski definition) is 3. The zero-order valence-electron chi connectivity index (χ0n) is 11.3. The van der Waals surface area contributed by atoms with Crippen molar-refractivity contribution >= 4 is 18.1 Å². The highest BCUT2D eigenvalue weighted by Gasteiger charge is 1.99. The summed E-state index contributed by atoms with van der Waals surface area (Å²) in [7, 11) is 0. The van der Waals surface area contributed by atoms with Crippen molar-refractivity contribution in [1.82, 2.24) is 0 Å². The summed E-state index contributed by atoms with van der Waals surface area (Å²) in [5, 5.41) is 8.19. The maximum Gasteiger partial charge on any atom is 0.333 e. The lowest BCUT2D eigenvalue weighted by Crippen LogP contribution is -2.08. The molecule has 0 amide bonds. The number of carbonyl (C=O) groups is 1. The molecular formula is C16H20O3. The molecule has 0 atom stereocenters. The molecule has 0 saturated heterocycles. The highest BCUT2D eigenvalue weighted by molar-refractivity contribution is 5.86. The lowest BCUT2D eigenvalue weighted by Gasteiger charge is -1.99. The second-order valence-corrected chi connectivity index (χ2v) is 3.68. The number of esters is 1. The maximum absolute atomic E-state index is 10.5. The van der Waals surface area contributed by atoms with E-state index in [4.69, 9.17) is 5.11 Å². The third kappa shape index (κ3) is 7.01. The van der Waals surface area contributed by atoms with Crippen LogP contribution in [0.15, 0.2) is 49.6 Å². The van der Waals surface area contributed by atoms with Gasteiger partial charge < -0.3 is 9.84 Å². The topological polar surface area (TPSA) is 46.5 Å². The minimum Gasteiger partial charge on any atom is -0.460 e. The fraction of sp³-hybridized carbons (Fsp3) is 0.188. The van der Waals surface area contributed by atoms with Gasteiger partial charge >= 0.3 is 5.97 Å². The summed E-state index contributed by atoms with van der Waals surface area (Å²) in [6.07, 6.45) is 3.66. The summed E-state index contributed by atoms with van der Waals surface area (Å²) in [5.74, 6) is -0.455. The Hall–Kier alpha value is -2.13. The van der Waals surface area contributed by atoms with E-state index in [1.54, 1.807) is 6.92 Å². The Morgan fingerprint density at radius 2 is 1.74 bits per heavy atom. The number of benzene rings is 1. The molecule has 0 heterocycles. The smallest absolute Gasteiger partial charge is 0.333 e. The number of hydrogen-bond donors (Lipinski definition) is 1. The van der Waals surface area contributed by atoms with Crippen LogP contribution in [0.5, 0.6) is 0 Å². The Labute approximate surface area is 114 Å². The average molecular weight is 260 g/mol. The van der Waals surface area contributed by atoms with E-state index >= 15 is 0 Å². The van der Waals surface area contributed by atoms with Gasteiger partial charge in [0, 0.05) is 5.57 Å². The first-order chi connectivity index (χ1) is 9.06. The van der Waals surface area contributed by atoms with Crippen molar-refractivity contribution in [3.8, 4) is 0 Å². The molecule has 0 aliphatic carbocycles. The number of ether oxygens (including phenoxy) is 1. The molecule has 1 rings (SSSR count). The summed E-state index contributed by atoms with van der Waals surface area (Å²) in [6, 6.07) is 8.02. The Bertz CT molecular complexity index is 420. The number of rotatable bonds is 5. The lowest BCUT2D eigenvalue weighted by molar-refractivity contribution is -0.139. The third-order valence-corrected chi connectivity index (χ3v) is 2.11. The zero-order chi connectivity index (χ0) is 14.7. The molecule has 0 aliphatic rings. The van der Waals surface area contributed by atoms with Gasteiger partial charge in [-0.1, -0.05) is 56.2 Å². The zero-order valence-corrected chi connectivity index (χ0v) is 11.3. The lowest BCUT2D eigenvalue weighted by atomic mass is 10.1. The molecule has 1 aromatic carbocycles. The van der Waals surface area contributed by atoms with E-state index in [1.807, 2.05) is 36.4 Å². The van der Waals surface area contributed by atoms with E-state index in [0.717, 1.165) is 11.1 Å². The molecule has 1 N–H and O–H groups in total. The molecule has 0 aromatic heterocycles. The monoisotopic (exact) mass is 260 g/mol. The standard InChI is InChI=1S/C10H10.C6H10O3/c1-3-9-7-5-6-8-10(9)4-2;1-5(2)6(8)9-4-3-7/h3-8H,1-2H2;7H,1,3-4H2,2H3. The van der Waals surface area contributed by atoms with Gasteiger partial charge in [0.05, 0.1) is 6.61 Å². The van der Waals surface area contributed by atoms with Crippen molar-refractivity contribution in [2.24, 2.45) is 0 Å². The summed E-state index contributed by atoms with van der Waals surface area (Å²) in [4.78, 5) is 10.5. The van der Waals surface area contributed by atoms with Gasteiger partial charge in [0.2, 0.25) is 0 Å². The van der Waals surface area contributed by atoms with Gasteiger partial charge in [-0.3, -0.25) is 0 Å². The fourth-order valence-corrected chi connectivity index (χ4v) is 1.14. The second-order valence-electron chi connectivity index (χ2n) is 3.68. The third-order valence-electron chi connectivity index (χ3n) is 2.11. The first-order valence-electron chi connectivity index (χ1n) is 5.84. The van der Waals surface area contributed by atoms with E-state index in [1.165, 1.54) is 0 Å². The predicted octanol–water partition coefficient (Wildman–Crippen LogP) is 3.07. The minimum absolute atomic E-state index is 0.0473. The van der Waals surface area contributed by atoms with Gasteiger partial charge in [0.25, 0.3) is 0 Å². The molecule has 0 unspecified atom stereocenters. The predicted molar refractivity (Wildman–Crippen MR) is 79.5 cm³/mol. The summed E-state index contributed by atoms with van der Waals surface area (Å²) < 4.78 is 4.46. The van der Waals surface area contributed by atoms with Gasteiger partial charge in [-0.25, -0.2) is 4.79 Å². The molecule has 0 radical (unpaired) electrons. The Morgan fingerprint density at radius 1 is 1.26 bits per heavy atom. The van der Waals surface area contributed by atoms with E-state index in [0.29, 0.717) is 5.57 Å². The van der Waals surface area contributed by atoms with Gasteiger partial charge in [0.15, 0.2) is 0 Å². The van der Waals surface area contributed by atoms with Crippen LogP contribution < -0.4 is 0 Å². The molecule has 0 bridgehead atoms. The fourth-order valence-electron chi connectivity index (χ4n) is 1.14. The summed E-state index contributed by atoms with van der Waals surface area (Å²) in [6.45, 7) is 12.2. The van der Waals surface area contributed by atoms with E-state index in [9.17, 15) is 4.79 Å². The molecule has 19 heavy (non-hydrogen) atoms. The number of carbonyl (C=O) groups excluding carboxylic acids is 1. The first-order valence-corrected chi connectivity index (χ1v) is 5.84. The largest absolute Gasteiger partial charge is 0.460 e. The van der Waals surface area contributed by atoms with Crippen molar-refractivity contribution in [2.75, 3.05) is 13.2 Å². The molecule has 0 aliphatic heterocycles. The van der Waals surface area contributed by atoms with Crippen molar-refractivity contribution < 1.29 is 14.6 Å². The van der Waals surface area contributed by atoms with E-state index in [-0.39, 0.29) is 13.2 Å². The van der Waals surface area contributed by atoms with Gasteiger partial charge in [-0.15, -0.1) is 0 Å². The van der Waals surface area contributed by atoms with E-state index < -0.39 is 5.97 Å². The molecule has 102 valence electrons. The van der Waals surface area contributed by atoms with Crippen molar-refractivity contribution in [3.05, 3.63) is 60.7 Å². The molecule has 0 saturated carbocycles. The minimum atomic E-state index is -0.455. The summed E-state index contributed by atoms with van der Waals surface area (Å²) >= 11 is 0. The van der Waals surface area contributed by atoms with Crippen LogP contribution in [-0.2, 0) is 9.53 Å². The van der Waals surface area contributed by atoms with Crippen LogP contribution in [0.4, 0.5) is 0 Å². The van der Waals surface area contributed by atoms with Gasteiger partial charge in [0.1, 0.15) is 6.61 Å². The first kappa shape index (κ1) is 16.9. The maximum atomic E-state index is 10.5. The van der Waals surface area contributed by atoms with Crippen LogP contribution in [0.3, 0.4) is 0 Å². The van der Waals surface area contributed by atoms with Crippen LogP contribution >= 0.6 is 0 Å². The van der Waals surface area contributed by atoms with Crippen LogP contribution in [0.1, 0.15) is 18.1 Å². The highest BCUT2D eigenvalue weighted by Crippen LogP contribution is 2.10.